The van der Waals surface area contributed by atoms with Crippen molar-refractivity contribution in [2.45, 2.75) is 56.6 Å². The van der Waals surface area contributed by atoms with Gasteiger partial charge in [0.15, 0.2) is 0 Å². The standard InChI is InChI=1S/C17H22F3NO3S/c1-11(2)25(22,23)21-14-7-6-12(8-14)16(21)10-24-15-5-3-4-13(9-15)17(18,19)20/h3-5,9,11-12,14,16H,6-8,10H2,1-2H3/t12-,14-,16-/m1/s1. The summed E-state index contributed by atoms with van der Waals surface area (Å²) in [6.45, 7) is 3.37. The normalized spacial score (nSPS) is 27.2. The van der Waals surface area contributed by atoms with E-state index in [1.807, 2.05) is 0 Å². The first kappa shape index (κ1) is 18.5. The molecule has 2 fully saturated rings. The van der Waals surface area contributed by atoms with Crippen molar-refractivity contribution in [1.29, 1.82) is 0 Å². The molecule has 1 saturated carbocycles. The van der Waals surface area contributed by atoms with Crippen LogP contribution in [-0.2, 0) is 16.2 Å². The molecule has 0 aromatic heterocycles. The first-order valence-electron chi connectivity index (χ1n) is 8.43. The summed E-state index contributed by atoms with van der Waals surface area (Å²) in [4.78, 5) is 0. The average molecular weight is 377 g/mol. The number of alkyl halides is 3. The number of hydrogen-bond acceptors (Lipinski definition) is 3. The molecule has 1 heterocycles. The van der Waals surface area contributed by atoms with Crippen LogP contribution in [0.1, 0.15) is 38.7 Å². The molecule has 2 bridgehead atoms. The van der Waals surface area contributed by atoms with Crippen LogP contribution in [0.3, 0.4) is 0 Å². The quantitative estimate of drug-likeness (QED) is 0.787. The largest absolute Gasteiger partial charge is 0.492 e. The van der Waals surface area contributed by atoms with Crippen molar-refractivity contribution in [3.05, 3.63) is 29.8 Å². The Morgan fingerprint density at radius 1 is 1.28 bits per heavy atom. The lowest BCUT2D eigenvalue weighted by Crippen LogP contribution is -2.50. The number of halogens is 3. The van der Waals surface area contributed by atoms with E-state index in [2.05, 4.69) is 0 Å². The van der Waals surface area contributed by atoms with E-state index in [9.17, 15) is 21.6 Å². The summed E-state index contributed by atoms with van der Waals surface area (Å²) in [5.41, 5.74) is -0.774. The number of sulfonamides is 1. The van der Waals surface area contributed by atoms with Crippen LogP contribution in [0.4, 0.5) is 13.2 Å². The highest BCUT2D eigenvalue weighted by atomic mass is 32.2. The van der Waals surface area contributed by atoms with E-state index in [-0.39, 0.29) is 30.4 Å². The molecule has 0 N–H and O–H groups in total. The SMILES string of the molecule is CC(C)S(=O)(=O)N1[C@@H]2CC[C@H](C2)[C@H]1COc1cccc(C(F)(F)F)c1. The lowest BCUT2D eigenvalue weighted by Gasteiger charge is -2.35. The van der Waals surface area contributed by atoms with Crippen LogP contribution in [0.2, 0.25) is 0 Å². The highest BCUT2D eigenvalue weighted by molar-refractivity contribution is 7.89. The monoisotopic (exact) mass is 377 g/mol. The molecule has 25 heavy (non-hydrogen) atoms. The Bertz CT molecular complexity index is 733. The summed E-state index contributed by atoms with van der Waals surface area (Å²) in [6.07, 6.45) is -1.84. The van der Waals surface area contributed by atoms with Crippen LogP contribution in [0.25, 0.3) is 0 Å². The highest BCUT2D eigenvalue weighted by Crippen LogP contribution is 2.45. The number of fused-ring (bicyclic) bond motifs is 2. The van der Waals surface area contributed by atoms with Crippen molar-refractivity contribution in [3.8, 4) is 5.75 Å². The van der Waals surface area contributed by atoms with E-state index >= 15 is 0 Å². The average Bonchev–Trinajstić information content (AvgIpc) is 3.13. The predicted molar refractivity (Wildman–Crippen MR) is 87.8 cm³/mol. The Balaban J connectivity index is 1.76. The third-order valence-electron chi connectivity index (χ3n) is 5.15. The number of piperidine rings is 1. The molecule has 2 aliphatic rings. The van der Waals surface area contributed by atoms with Gasteiger partial charge in [0.25, 0.3) is 0 Å². The fraction of sp³-hybridized carbons (Fsp3) is 0.647. The van der Waals surface area contributed by atoms with Crippen LogP contribution in [-0.4, -0.2) is 36.7 Å². The molecule has 0 spiro atoms. The molecule has 140 valence electrons. The highest BCUT2D eigenvalue weighted by Gasteiger charge is 2.51. The summed E-state index contributed by atoms with van der Waals surface area (Å²) in [5.74, 6) is 0.323. The van der Waals surface area contributed by atoms with Crippen LogP contribution < -0.4 is 4.74 Å². The third-order valence-corrected chi connectivity index (χ3v) is 7.50. The Morgan fingerprint density at radius 2 is 2.00 bits per heavy atom. The minimum atomic E-state index is -4.43. The molecule has 1 aromatic carbocycles. The molecule has 8 heteroatoms. The molecule has 0 radical (unpaired) electrons. The van der Waals surface area contributed by atoms with Crippen LogP contribution in [0.15, 0.2) is 24.3 Å². The lowest BCUT2D eigenvalue weighted by atomic mass is 10.0. The number of ether oxygens (including phenoxy) is 1. The van der Waals surface area contributed by atoms with Crippen molar-refractivity contribution < 1.29 is 26.3 Å². The van der Waals surface area contributed by atoms with E-state index in [0.717, 1.165) is 31.4 Å². The molecule has 0 amide bonds. The van der Waals surface area contributed by atoms with Crippen LogP contribution >= 0.6 is 0 Å². The minimum Gasteiger partial charge on any atom is -0.492 e. The summed E-state index contributed by atoms with van der Waals surface area (Å²) in [5, 5.41) is -0.525. The van der Waals surface area contributed by atoms with E-state index in [4.69, 9.17) is 4.74 Å². The van der Waals surface area contributed by atoms with Crippen LogP contribution in [0, 0.1) is 5.92 Å². The van der Waals surface area contributed by atoms with Crippen molar-refractivity contribution in [3.63, 3.8) is 0 Å². The topological polar surface area (TPSA) is 46.6 Å². The summed E-state index contributed by atoms with van der Waals surface area (Å²) in [7, 11) is -3.42. The van der Waals surface area contributed by atoms with Crippen molar-refractivity contribution in [2.24, 2.45) is 5.92 Å². The van der Waals surface area contributed by atoms with Gasteiger partial charge in [-0.3, -0.25) is 0 Å². The van der Waals surface area contributed by atoms with Gasteiger partial charge in [0.05, 0.1) is 16.9 Å². The zero-order valence-corrected chi connectivity index (χ0v) is 15.0. The van der Waals surface area contributed by atoms with Gasteiger partial charge in [0, 0.05) is 6.04 Å². The first-order valence-corrected chi connectivity index (χ1v) is 9.93. The Labute approximate surface area is 146 Å². The van der Waals surface area contributed by atoms with E-state index in [1.165, 1.54) is 12.1 Å². The predicted octanol–water partition coefficient (Wildman–Crippen LogP) is 3.68. The fourth-order valence-corrected chi connectivity index (χ4v) is 5.55. The maximum atomic E-state index is 12.8. The van der Waals surface area contributed by atoms with Gasteiger partial charge in [-0.1, -0.05) is 6.07 Å². The Morgan fingerprint density at radius 3 is 2.64 bits per heavy atom. The maximum Gasteiger partial charge on any atom is 0.416 e. The molecule has 0 unspecified atom stereocenters. The second-order valence-electron chi connectivity index (χ2n) is 7.05. The number of benzene rings is 1. The first-order chi connectivity index (χ1) is 11.6. The lowest BCUT2D eigenvalue weighted by molar-refractivity contribution is -0.137. The summed E-state index contributed by atoms with van der Waals surface area (Å²) < 4.78 is 70.8. The van der Waals surface area contributed by atoms with Crippen LogP contribution in [0.5, 0.6) is 5.75 Å². The fourth-order valence-electron chi connectivity index (χ4n) is 3.84. The zero-order chi connectivity index (χ0) is 18.4. The number of hydrogen-bond donors (Lipinski definition) is 0. The number of nitrogens with zero attached hydrogens (tertiary/aromatic N) is 1. The third kappa shape index (κ3) is 3.51. The van der Waals surface area contributed by atoms with Gasteiger partial charge in [-0.05, 0) is 57.2 Å². The molecule has 3 atom stereocenters. The molecule has 3 rings (SSSR count). The molecular weight excluding hydrogens is 355 g/mol. The second-order valence-corrected chi connectivity index (χ2v) is 9.45. The van der Waals surface area contributed by atoms with E-state index in [0.29, 0.717) is 0 Å². The molecule has 1 aromatic rings. The maximum absolute atomic E-state index is 12.8. The van der Waals surface area contributed by atoms with E-state index < -0.39 is 27.0 Å². The van der Waals surface area contributed by atoms with Gasteiger partial charge in [-0.2, -0.15) is 17.5 Å². The molecule has 1 aliphatic carbocycles. The molecule has 4 nitrogen and oxygen atoms in total. The summed E-state index contributed by atoms with van der Waals surface area (Å²) in [6, 6.07) is 4.38. The molecule has 1 saturated heterocycles. The van der Waals surface area contributed by atoms with E-state index in [1.54, 1.807) is 18.2 Å². The molecular formula is C17H22F3NO3S. The Hall–Kier alpha value is -1.28. The second kappa shape index (κ2) is 6.46. The number of rotatable bonds is 5. The van der Waals surface area contributed by atoms with Gasteiger partial charge in [-0.15, -0.1) is 0 Å². The zero-order valence-electron chi connectivity index (χ0n) is 14.2. The van der Waals surface area contributed by atoms with Gasteiger partial charge in [0.2, 0.25) is 10.0 Å². The van der Waals surface area contributed by atoms with Gasteiger partial charge in [-0.25, -0.2) is 8.42 Å². The molecule has 1 aliphatic heterocycles. The van der Waals surface area contributed by atoms with Gasteiger partial charge >= 0.3 is 6.18 Å². The van der Waals surface area contributed by atoms with Crippen molar-refractivity contribution >= 4 is 10.0 Å². The van der Waals surface area contributed by atoms with Gasteiger partial charge < -0.3 is 4.74 Å². The van der Waals surface area contributed by atoms with Gasteiger partial charge in [0.1, 0.15) is 12.4 Å². The smallest absolute Gasteiger partial charge is 0.416 e. The minimum absolute atomic E-state index is 0.00694. The Kier molecular flexibility index (Phi) is 4.79. The summed E-state index contributed by atoms with van der Waals surface area (Å²) >= 11 is 0. The van der Waals surface area contributed by atoms with Crippen molar-refractivity contribution in [2.75, 3.05) is 6.61 Å². The van der Waals surface area contributed by atoms with Crippen molar-refractivity contribution in [1.82, 2.24) is 4.31 Å².